The highest BCUT2D eigenvalue weighted by Gasteiger charge is 2.12. The number of nitrogens with one attached hydrogen (secondary N) is 1. The first-order valence-electron chi connectivity index (χ1n) is 9.00. The first-order chi connectivity index (χ1) is 12.1. The van der Waals surface area contributed by atoms with Crippen LogP contribution in [0.15, 0.2) is 35.9 Å². The Morgan fingerprint density at radius 2 is 2.00 bits per heavy atom. The minimum absolute atomic E-state index is 0.0135. The SMILES string of the molecule is CC(=O)N(CCNC(=O)Cc1ccccc1F)CCC1=CCCCC1. The lowest BCUT2D eigenvalue weighted by Gasteiger charge is -2.23. The van der Waals surface area contributed by atoms with Crippen molar-refractivity contribution < 1.29 is 14.0 Å². The summed E-state index contributed by atoms with van der Waals surface area (Å²) in [5.41, 5.74) is 1.81. The second-order valence-electron chi connectivity index (χ2n) is 6.48. The molecule has 0 aliphatic heterocycles. The molecule has 25 heavy (non-hydrogen) atoms. The molecule has 0 aromatic heterocycles. The predicted molar refractivity (Wildman–Crippen MR) is 96.5 cm³/mol. The van der Waals surface area contributed by atoms with E-state index < -0.39 is 0 Å². The molecular formula is C20H27FN2O2. The summed E-state index contributed by atoms with van der Waals surface area (Å²) in [6, 6.07) is 6.26. The van der Waals surface area contributed by atoms with Crippen molar-refractivity contribution in [1.82, 2.24) is 10.2 Å². The van der Waals surface area contributed by atoms with Gasteiger partial charge in [0.05, 0.1) is 6.42 Å². The molecule has 1 aromatic rings. The van der Waals surface area contributed by atoms with Gasteiger partial charge in [-0.15, -0.1) is 0 Å². The van der Waals surface area contributed by atoms with Crippen molar-refractivity contribution in [3.05, 3.63) is 47.3 Å². The van der Waals surface area contributed by atoms with Crippen LogP contribution in [0.1, 0.15) is 44.6 Å². The van der Waals surface area contributed by atoms with E-state index in [0.717, 1.165) is 19.3 Å². The van der Waals surface area contributed by atoms with E-state index in [2.05, 4.69) is 11.4 Å². The van der Waals surface area contributed by atoms with Crippen molar-refractivity contribution in [1.29, 1.82) is 0 Å². The Hall–Kier alpha value is -2.17. The van der Waals surface area contributed by atoms with E-state index in [4.69, 9.17) is 0 Å². The number of carbonyl (C=O) groups excluding carboxylic acids is 2. The van der Waals surface area contributed by atoms with Crippen LogP contribution in [0.3, 0.4) is 0 Å². The van der Waals surface area contributed by atoms with Crippen molar-refractivity contribution in [3.8, 4) is 0 Å². The average Bonchev–Trinajstić information content (AvgIpc) is 2.60. The number of rotatable bonds is 8. The van der Waals surface area contributed by atoms with Gasteiger partial charge in [0.15, 0.2) is 0 Å². The fourth-order valence-corrected chi connectivity index (χ4v) is 3.04. The van der Waals surface area contributed by atoms with Gasteiger partial charge in [-0.25, -0.2) is 4.39 Å². The molecule has 4 nitrogen and oxygen atoms in total. The van der Waals surface area contributed by atoms with Gasteiger partial charge in [-0.3, -0.25) is 9.59 Å². The Bertz CT molecular complexity index is 628. The monoisotopic (exact) mass is 346 g/mol. The summed E-state index contributed by atoms with van der Waals surface area (Å²) in [6.07, 6.45) is 7.97. The van der Waals surface area contributed by atoms with Crippen molar-refractivity contribution in [2.45, 2.75) is 45.4 Å². The van der Waals surface area contributed by atoms with Gasteiger partial charge in [0.1, 0.15) is 5.82 Å². The minimum Gasteiger partial charge on any atom is -0.354 e. The molecule has 1 aromatic carbocycles. The topological polar surface area (TPSA) is 49.4 Å². The zero-order valence-corrected chi connectivity index (χ0v) is 14.9. The second-order valence-corrected chi connectivity index (χ2v) is 6.48. The number of hydrogen-bond donors (Lipinski definition) is 1. The van der Waals surface area contributed by atoms with Gasteiger partial charge < -0.3 is 10.2 Å². The van der Waals surface area contributed by atoms with Gasteiger partial charge in [-0.1, -0.05) is 29.8 Å². The van der Waals surface area contributed by atoms with Crippen LogP contribution in [0.2, 0.25) is 0 Å². The van der Waals surface area contributed by atoms with Gasteiger partial charge >= 0.3 is 0 Å². The Balaban J connectivity index is 1.73. The summed E-state index contributed by atoms with van der Waals surface area (Å²) < 4.78 is 13.5. The van der Waals surface area contributed by atoms with Gasteiger partial charge in [-0.05, 0) is 43.7 Å². The summed E-state index contributed by atoms with van der Waals surface area (Å²) in [6.45, 7) is 3.10. The van der Waals surface area contributed by atoms with E-state index in [9.17, 15) is 14.0 Å². The third kappa shape index (κ3) is 6.69. The van der Waals surface area contributed by atoms with Crippen LogP contribution in [0.5, 0.6) is 0 Å². The highest BCUT2D eigenvalue weighted by molar-refractivity contribution is 5.78. The highest BCUT2D eigenvalue weighted by atomic mass is 19.1. The van der Waals surface area contributed by atoms with Crippen LogP contribution >= 0.6 is 0 Å². The second kappa shape index (κ2) is 9.97. The molecule has 0 radical (unpaired) electrons. The number of nitrogens with zero attached hydrogens (tertiary/aromatic N) is 1. The maximum absolute atomic E-state index is 13.5. The standard InChI is InChI=1S/C20H27FN2O2/c1-16(24)23(13-11-17-7-3-2-4-8-17)14-12-22-20(25)15-18-9-5-6-10-19(18)21/h5-7,9-10H,2-4,8,11-15H2,1H3,(H,22,25). The molecule has 0 saturated heterocycles. The summed E-state index contributed by atoms with van der Waals surface area (Å²) in [5, 5.41) is 2.77. The predicted octanol–water partition coefficient (Wildman–Crippen LogP) is 3.22. The number of halogens is 1. The maximum Gasteiger partial charge on any atom is 0.224 e. The Kier molecular flexibility index (Phi) is 7.64. The lowest BCUT2D eigenvalue weighted by atomic mass is 9.97. The van der Waals surface area contributed by atoms with Crippen LogP contribution in [-0.2, 0) is 16.0 Å². The fraction of sp³-hybridized carbons (Fsp3) is 0.500. The Labute approximate surface area is 149 Å². The third-order valence-electron chi connectivity index (χ3n) is 4.55. The van der Waals surface area contributed by atoms with Gasteiger partial charge in [0, 0.05) is 26.6 Å². The zero-order valence-electron chi connectivity index (χ0n) is 14.9. The molecule has 0 saturated carbocycles. The van der Waals surface area contributed by atoms with Crippen molar-refractivity contribution >= 4 is 11.8 Å². The average molecular weight is 346 g/mol. The van der Waals surface area contributed by atoms with Crippen LogP contribution in [-0.4, -0.2) is 36.3 Å². The number of hydrogen-bond acceptors (Lipinski definition) is 2. The summed E-state index contributed by atoms with van der Waals surface area (Å²) >= 11 is 0. The number of benzene rings is 1. The van der Waals surface area contributed by atoms with Crippen molar-refractivity contribution in [2.75, 3.05) is 19.6 Å². The Morgan fingerprint density at radius 1 is 1.20 bits per heavy atom. The molecule has 2 amide bonds. The smallest absolute Gasteiger partial charge is 0.224 e. The maximum atomic E-state index is 13.5. The molecule has 0 fully saturated rings. The molecule has 2 rings (SSSR count). The zero-order chi connectivity index (χ0) is 18.1. The first kappa shape index (κ1) is 19.2. The third-order valence-corrected chi connectivity index (χ3v) is 4.55. The lowest BCUT2D eigenvalue weighted by molar-refractivity contribution is -0.129. The quantitative estimate of drug-likeness (QED) is 0.735. The molecule has 0 atom stereocenters. The van der Waals surface area contributed by atoms with Crippen LogP contribution in [0, 0.1) is 5.82 Å². The molecule has 1 aliphatic carbocycles. The summed E-state index contributed by atoms with van der Waals surface area (Å²) in [4.78, 5) is 25.5. The fourth-order valence-electron chi connectivity index (χ4n) is 3.04. The molecule has 0 unspecified atom stereocenters. The van der Waals surface area contributed by atoms with Gasteiger partial charge in [0.25, 0.3) is 0 Å². The normalized spacial score (nSPS) is 13.9. The van der Waals surface area contributed by atoms with Gasteiger partial charge in [0.2, 0.25) is 11.8 Å². The first-order valence-corrected chi connectivity index (χ1v) is 9.00. The molecule has 1 aliphatic rings. The van der Waals surface area contributed by atoms with E-state index in [0.29, 0.717) is 25.2 Å². The molecule has 0 bridgehead atoms. The molecular weight excluding hydrogens is 319 g/mol. The van der Waals surface area contributed by atoms with E-state index in [1.807, 2.05) is 0 Å². The lowest BCUT2D eigenvalue weighted by Crippen LogP contribution is -2.38. The van der Waals surface area contributed by atoms with Gasteiger partial charge in [-0.2, -0.15) is 0 Å². The van der Waals surface area contributed by atoms with E-state index in [1.165, 1.54) is 24.5 Å². The highest BCUT2D eigenvalue weighted by Crippen LogP contribution is 2.20. The minimum atomic E-state index is -0.372. The Morgan fingerprint density at radius 3 is 2.68 bits per heavy atom. The molecule has 0 heterocycles. The van der Waals surface area contributed by atoms with Crippen molar-refractivity contribution in [2.24, 2.45) is 0 Å². The van der Waals surface area contributed by atoms with E-state index >= 15 is 0 Å². The largest absolute Gasteiger partial charge is 0.354 e. The molecule has 136 valence electrons. The van der Waals surface area contributed by atoms with Crippen LogP contribution < -0.4 is 5.32 Å². The molecule has 0 spiro atoms. The number of carbonyl (C=O) groups is 2. The number of amides is 2. The number of allylic oxidation sites excluding steroid dienone is 1. The van der Waals surface area contributed by atoms with Crippen LogP contribution in [0.4, 0.5) is 4.39 Å². The summed E-state index contributed by atoms with van der Waals surface area (Å²) in [7, 11) is 0. The molecule has 5 heteroatoms. The van der Waals surface area contributed by atoms with Crippen molar-refractivity contribution in [3.63, 3.8) is 0 Å². The van der Waals surface area contributed by atoms with Crippen LogP contribution in [0.25, 0.3) is 0 Å². The molecule has 1 N–H and O–H groups in total. The van der Waals surface area contributed by atoms with E-state index in [-0.39, 0.29) is 24.1 Å². The summed E-state index contributed by atoms with van der Waals surface area (Å²) in [5.74, 6) is -0.591. The van der Waals surface area contributed by atoms with E-state index in [1.54, 1.807) is 30.0 Å².